The first kappa shape index (κ1) is 17.2. The summed E-state index contributed by atoms with van der Waals surface area (Å²) in [4.78, 5) is 4.14. The molecule has 114 valence electrons. The molecular weight excluding hydrogens is 299 g/mol. The fourth-order valence-corrected chi connectivity index (χ4v) is 1.46. The number of benzene rings is 1. The summed E-state index contributed by atoms with van der Waals surface area (Å²) in [5.74, 6) is 0. The minimum absolute atomic E-state index is 0.0480. The molecule has 0 aliphatic heterocycles. The molecule has 1 atom stereocenters. The van der Waals surface area contributed by atoms with Crippen molar-refractivity contribution in [3.63, 3.8) is 0 Å². The minimum Gasteiger partial charge on any atom is -0.389 e. The fraction of sp³-hybridized carbons (Fsp3) is 0.500. The first-order valence-corrected chi connectivity index (χ1v) is 6.17. The standard InChI is InChI=1S/C12H15ClF3NO3/c13-11-4-2-1-3-9(11)6-19-7-10(18)5-17-20-8-12(14,15)16/h1-4,10,17-18H,5-8H2. The van der Waals surface area contributed by atoms with Crippen LogP contribution >= 0.6 is 11.6 Å². The topological polar surface area (TPSA) is 50.7 Å². The van der Waals surface area contributed by atoms with Crippen molar-refractivity contribution in [2.24, 2.45) is 0 Å². The van der Waals surface area contributed by atoms with Gasteiger partial charge in [-0.05, 0) is 11.6 Å². The average Bonchev–Trinajstić information content (AvgIpc) is 2.36. The van der Waals surface area contributed by atoms with E-state index in [0.29, 0.717) is 5.02 Å². The van der Waals surface area contributed by atoms with Gasteiger partial charge in [0, 0.05) is 11.6 Å². The number of alkyl halides is 3. The Labute approximate surface area is 119 Å². The lowest BCUT2D eigenvalue weighted by Gasteiger charge is -2.13. The van der Waals surface area contributed by atoms with Crippen LogP contribution in [0.4, 0.5) is 13.2 Å². The molecule has 0 aliphatic rings. The highest BCUT2D eigenvalue weighted by atomic mass is 35.5. The molecule has 0 aromatic heterocycles. The monoisotopic (exact) mass is 313 g/mol. The second-order valence-corrected chi connectivity index (χ2v) is 4.42. The van der Waals surface area contributed by atoms with Crippen molar-refractivity contribution in [1.82, 2.24) is 5.48 Å². The molecule has 0 fully saturated rings. The van der Waals surface area contributed by atoms with Gasteiger partial charge in [-0.25, -0.2) is 0 Å². The Kier molecular flexibility index (Phi) is 7.25. The maximum atomic E-state index is 11.7. The van der Waals surface area contributed by atoms with Crippen LogP contribution in [0.15, 0.2) is 24.3 Å². The highest BCUT2D eigenvalue weighted by molar-refractivity contribution is 6.31. The van der Waals surface area contributed by atoms with E-state index in [1.165, 1.54) is 0 Å². The average molecular weight is 314 g/mol. The maximum Gasteiger partial charge on any atom is 0.413 e. The Morgan fingerprint density at radius 3 is 2.65 bits per heavy atom. The molecule has 0 amide bonds. The van der Waals surface area contributed by atoms with Crippen molar-refractivity contribution in [2.45, 2.75) is 18.9 Å². The molecule has 1 rings (SSSR count). The zero-order valence-corrected chi connectivity index (χ0v) is 11.2. The SMILES string of the molecule is OC(CNOCC(F)(F)F)COCc1ccccc1Cl. The predicted octanol–water partition coefficient (Wildman–Crippen LogP) is 2.30. The minimum atomic E-state index is -4.40. The molecule has 2 N–H and O–H groups in total. The lowest BCUT2D eigenvalue weighted by atomic mass is 10.2. The Hall–Kier alpha value is -0.860. The van der Waals surface area contributed by atoms with Gasteiger partial charge in [0.2, 0.25) is 0 Å². The van der Waals surface area contributed by atoms with Crippen molar-refractivity contribution in [2.75, 3.05) is 19.8 Å². The van der Waals surface area contributed by atoms with Crippen molar-refractivity contribution >= 4 is 11.6 Å². The molecule has 0 radical (unpaired) electrons. The summed E-state index contributed by atoms with van der Waals surface area (Å²) in [5, 5.41) is 9.99. The summed E-state index contributed by atoms with van der Waals surface area (Å²) in [6, 6.07) is 7.07. The Bertz CT molecular complexity index is 404. The summed E-state index contributed by atoms with van der Waals surface area (Å²) < 4.78 is 40.4. The van der Waals surface area contributed by atoms with Crippen LogP contribution in [0.1, 0.15) is 5.56 Å². The van der Waals surface area contributed by atoms with Gasteiger partial charge in [-0.3, -0.25) is 4.84 Å². The highest BCUT2D eigenvalue weighted by Crippen LogP contribution is 2.15. The molecular formula is C12H15ClF3NO3. The van der Waals surface area contributed by atoms with Crippen LogP contribution in [0.25, 0.3) is 0 Å². The van der Waals surface area contributed by atoms with E-state index in [0.717, 1.165) is 5.56 Å². The van der Waals surface area contributed by atoms with Gasteiger partial charge in [-0.15, -0.1) is 0 Å². The molecule has 1 aromatic carbocycles. The van der Waals surface area contributed by atoms with Gasteiger partial charge >= 0.3 is 6.18 Å². The van der Waals surface area contributed by atoms with Gasteiger partial charge in [0.1, 0.15) is 0 Å². The van der Waals surface area contributed by atoms with E-state index in [-0.39, 0.29) is 19.8 Å². The molecule has 0 saturated heterocycles. The van der Waals surface area contributed by atoms with Crippen LogP contribution in [0, 0.1) is 0 Å². The zero-order valence-electron chi connectivity index (χ0n) is 10.5. The van der Waals surface area contributed by atoms with Crippen LogP contribution in [-0.2, 0) is 16.2 Å². The molecule has 0 saturated carbocycles. The predicted molar refractivity (Wildman–Crippen MR) is 67.1 cm³/mol. The molecule has 1 unspecified atom stereocenters. The number of halogens is 4. The molecule has 0 spiro atoms. The zero-order chi connectivity index (χ0) is 15.0. The number of rotatable bonds is 8. The van der Waals surface area contributed by atoms with Gasteiger partial charge in [-0.2, -0.15) is 18.7 Å². The number of aliphatic hydroxyl groups excluding tert-OH is 1. The number of nitrogens with one attached hydrogen (secondary N) is 1. The summed E-state index contributed by atoms with van der Waals surface area (Å²) in [6.45, 7) is -1.42. The van der Waals surface area contributed by atoms with E-state index in [9.17, 15) is 18.3 Å². The second kappa shape index (κ2) is 8.43. The van der Waals surface area contributed by atoms with Gasteiger partial charge in [0.05, 0.1) is 19.3 Å². The fourth-order valence-electron chi connectivity index (χ4n) is 1.27. The smallest absolute Gasteiger partial charge is 0.389 e. The Morgan fingerprint density at radius 2 is 2.00 bits per heavy atom. The van der Waals surface area contributed by atoms with Gasteiger partial charge in [0.15, 0.2) is 6.61 Å². The molecule has 0 aliphatic carbocycles. The van der Waals surface area contributed by atoms with Crippen LogP contribution in [0.3, 0.4) is 0 Å². The molecule has 20 heavy (non-hydrogen) atoms. The van der Waals surface area contributed by atoms with Crippen molar-refractivity contribution in [3.05, 3.63) is 34.9 Å². The summed E-state index contributed by atoms with van der Waals surface area (Å²) >= 11 is 5.90. The van der Waals surface area contributed by atoms with Crippen LogP contribution in [0.5, 0.6) is 0 Å². The third-order valence-corrected chi connectivity index (χ3v) is 2.55. The first-order chi connectivity index (χ1) is 9.38. The highest BCUT2D eigenvalue weighted by Gasteiger charge is 2.27. The summed E-state index contributed by atoms with van der Waals surface area (Å²) in [5.41, 5.74) is 2.79. The van der Waals surface area contributed by atoms with E-state index in [2.05, 4.69) is 4.84 Å². The maximum absolute atomic E-state index is 11.7. The van der Waals surface area contributed by atoms with E-state index in [1.54, 1.807) is 24.3 Å². The van der Waals surface area contributed by atoms with Crippen LogP contribution in [-0.4, -0.2) is 37.1 Å². The third-order valence-electron chi connectivity index (χ3n) is 2.18. The molecule has 8 heteroatoms. The van der Waals surface area contributed by atoms with Gasteiger partial charge in [0.25, 0.3) is 0 Å². The number of hydrogen-bond acceptors (Lipinski definition) is 4. The largest absolute Gasteiger partial charge is 0.413 e. The van der Waals surface area contributed by atoms with Crippen molar-refractivity contribution in [3.8, 4) is 0 Å². The van der Waals surface area contributed by atoms with Gasteiger partial charge in [-0.1, -0.05) is 29.8 Å². The van der Waals surface area contributed by atoms with E-state index in [1.807, 2.05) is 5.48 Å². The number of ether oxygens (including phenoxy) is 1. The van der Waals surface area contributed by atoms with E-state index >= 15 is 0 Å². The molecule has 4 nitrogen and oxygen atoms in total. The first-order valence-electron chi connectivity index (χ1n) is 5.79. The lowest BCUT2D eigenvalue weighted by molar-refractivity contribution is -0.191. The number of hydroxylamine groups is 1. The van der Waals surface area contributed by atoms with Crippen LogP contribution in [0.2, 0.25) is 5.02 Å². The molecule has 0 heterocycles. The lowest BCUT2D eigenvalue weighted by Crippen LogP contribution is -2.33. The second-order valence-electron chi connectivity index (χ2n) is 4.01. The molecule has 1 aromatic rings. The summed E-state index contributed by atoms with van der Waals surface area (Å²) in [6.07, 6.45) is -5.39. The van der Waals surface area contributed by atoms with E-state index < -0.39 is 18.9 Å². The van der Waals surface area contributed by atoms with Gasteiger partial charge < -0.3 is 9.84 Å². The number of aliphatic hydroxyl groups is 1. The summed E-state index contributed by atoms with van der Waals surface area (Å²) in [7, 11) is 0. The van der Waals surface area contributed by atoms with E-state index in [4.69, 9.17) is 16.3 Å². The normalized spacial score (nSPS) is 13.4. The Morgan fingerprint density at radius 1 is 1.30 bits per heavy atom. The van der Waals surface area contributed by atoms with Crippen molar-refractivity contribution in [1.29, 1.82) is 0 Å². The van der Waals surface area contributed by atoms with Crippen LogP contribution < -0.4 is 5.48 Å². The quantitative estimate of drug-likeness (QED) is 0.571. The van der Waals surface area contributed by atoms with Crippen molar-refractivity contribution < 1.29 is 27.9 Å². The Balaban J connectivity index is 2.11. The third kappa shape index (κ3) is 7.66. The molecule has 0 bridgehead atoms. The number of hydrogen-bond donors (Lipinski definition) is 2.